The number of hydrogen-bond donors (Lipinski definition) is 1. The fourth-order valence-electron chi connectivity index (χ4n) is 2.79. The van der Waals surface area contributed by atoms with Crippen molar-refractivity contribution < 1.29 is 5.11 Å². The van der Waals surface area contributed by atoms with Gasteiger partial charge in [0.25, 0.3) is 0 Å². The summed E-state index contributed by atoms with van der Waals surface area (Å²) in [5.74, 6) is 0.618. The van der Waals surface area contributed by atoms with E-state index in [1.165, 1.54) is 12.0 Å². The Morgan fingerprint density at radius 1 is 1.55 bits per heavy atom. The van der Waals surface area contributed by atoms with Gasteiger partial charge in [-0.15, -0.1) is 0 Å². The third-order valence-corrected chi connectivity index (χ3v) is 3.91. The molecule has 0 spiro atoms. The Balaban J connectivity index is 2.49. The van der Waals surface area contributed by atoms with Gasteiger partial charge in [-0.1, -0.05) is 19.9 Å². The first-order chi connectivity index (χ1) is 4.98. The molecule has 0 aromatic rings. The number of aliphatic hydroxyl groups is 1. The predicted octanol–water partition coefficient (Wildman–Crippen LogP) is 2.11. The van der Waals surface area contributed by atoms with Crippen molar-refractivity contribution in [2.75, 3.05) is 0 Å². The minimum absolute atomic E-state index is 0.0943. The highest BCUT2D eigenvalue weighted by molar-refractivity contribution is 5.33. The van der Waals surface area contributed by atoms with Crippen LogP contribution >= 0.6 is 0 Å². The zero-order valence-electron chi connectivity index (χ0n) is 7.52. The third kappa shape index (κ3) is 0.610. The molecule has 1 saturated carbocycles. The lowest BCUT2D eigenvalue weighted by Gasteiger charge is -2.34. The molecule has 0 heterocycles. The molecule has 11 heavy (non-hydrogen) atoms. The lowest BCUT2D eigenvalue weighted by molar-refractivity contribution is -0.00613. The lowest BCUT2D eigenvalue weighted by Crippen LogP contribution is -2.39. The predicted molar refractivity (Wildman–Crippen MR) is 45.2 cm³/mol. The minimum Gasteiger partial charge on any atom is -0.385 e. The summed E-state index contributed by atoms with van der Waals surface area (Å²) in [6.07, 6.45) is 4.39. The van der Waals surface area contributed by atoms with Gasteiger partial charge in [-0.05, 0) is 31.3 Å². The summed E-state index contributed by atoms with van der Waals surface area (Å²) in [4.78, 5) is 0. The van der Waals surface area contributed by atoms with Gasteiger partial charge in [0, 0.05) is 5.41 Å². The van der Waals surface area contributed by atoms with E-state index >= 15 is 0 Å². The van der Waals surface area contributed by atoms with E-state index in [1.54, 1.807) is 0 Å². The highest BCUT2D eigenvalue weighted by Crippen LogP contribution is 2.59. The zero-order chi connectivity index (χ0) is 8.28. The molecular formula is C10H16O. The average Bonchev–Trinajstić information content (AvgIpc) is 2.20. The van der Waals surface area contributed by atoms with E-state index < -0.39 is 5.60 Å². The van der Waals surface area contributed by atoms with Crippen LogP contribution in [0, 0.1) is 11.3 Å². The molecule has 0 aliphatic heterocycles. The van der Waals surface area contributed by atoms with Crippen LogP contribution in [-0.2, 0) is 0 Å². The second kappa shape index (κ2) is 1.71. The van der Waals surface area contributed by atoms with E-state index in [1.807, 2.05) is 0 Å². The van der Waals surface area contributed by atoms with Crippen molar-refractivity contribution in [1.82, 2.24) is 0 Å². The summed E-state index contributed by atoms with van der Waals surface area (Å²) in [5.41, 5.74) is 0.813. The van der Waals surface area contributed by atoms with Gasteiger partial charge < -0.3 is 5.11 Å². The summed E-state index contributed by atoms with van der Waals surface area (Å²) >= 11 is 0. The normalized spacial score (nSPS) is 46.2. The van der Waals surface area contributed by atoms with Gasteiger partial charge in [-0.25, -0.2) is 0 Å². The first-order valence-electron chi connectivity index (χ1n) is 4.40. The van der Waals surface area contributed by atoms with Crippen LogP contribution in [0.25, 0.3) is 0 Å². The van der Waals surface area contributed by atoms with Crippen LogP contribution in [-0.4, -0.2) is 10.7 Å². The quantitative estimate of drug-likeness (QED) is 0.527. The van der Waals surface area contributed by atoms with Crippen molar-refractivity contribution in [3.63, 3.8) is 0 Å². The van der Waals surface area contributed by atoms with Gasteiger partial charge in [-0.3, -0.25) is 0 Å². The Bertz CT molecular complexity index is 227. The number of hydrogen-bond acceptors (Lipinski definition) is 1. The maximum Gasteiger partial charge on any atom is 0.0910 e. The largest absolute Gasteiger partial charge is 0.385 e. The molecule has 2 bridgehead atoms. The summed E-state index contributed by atoms with van der Waals surface area (Å²) in [7, 11) is 0. The zero-order valence-corrected chi connectivity index (χ0v) is 7.52. The Hall–Kier alpha value is -0.300. The van der Waals surface area contributed by atoms with Crippen molar-refractivity contribution in [3.8, 4) is 0 Å². The molecular weight excluding hydrogens is 136 g/mol. The molecule has 2 aliphatic carbocycles. The average molecular weight is 152 g/mol. The van der Waals surface area contributed by atoms with E-state index in [4.69, 9.17) is 0 Å². The molecule has 2 aliphatic rings. The van der Waals surface area contributed by atoms with E-state index in [2.05, 4.69) is 26.8 Å². The highest BCUT2D eigenvalue weighted by Gasteiger charge is 2.57. The summed E-state index contributed by atoms with van der Waals surface area (Å²) in [6, 6.07) is 0. The van der Waals surface area contributed by atoms with Crippen molar-refractivity contribution in [2.24, 2.45) is 11.3 Å². The van der Waals surface area contributed by atoms with Gasteiger partial charge in [-0.2, -0.15) is 0 Å². The molecule has 0 saturated heterocycles. The standard InChI is InChI=1S/C10H16O/c1-7-6-8-4-5-10(7,11)9(8,2)3/h6,8,11H,4-5H2,1-3H3. The smallest absolute Gasteiger partial charge is 0.0910 e. The van der Waals surface area contributed by atoms with Crippen LogP contribution in [0.2, 0.25) is 0 Å². The number of fused-ring (bicyclic) bond motifs is 2. The highest BCUT2D eigenvalue weighted by atomic mass is 16.3. The van der Waals surface area contributed by atoms with Crippen molar-refractivity contribution in [2.45, 2.75) is 39.2 Å². The van der Waals surface area contributed by atoms with Crippen molar-refractivity contribution in [3.05, 3.63) is 11.6 Å². The molecule has 1 N–H and O–H groups in total. The van der Waals surface area contributed by atoms with Crippen molar-refractivity contribution >= 4 is 0 Å². The van der Waals surface area contributed by atoms with Crippen LogP contribution in [0.5, 0.6) is 0 Å². The van der Waals surface area contributed by atoms with Crippen LogP contribution < -0.4 is 0 Å². The summed E-state index contributed by atoms with van der Waals surface area (Å²) in [5, 5.41) is 10.3. The maximum atomic E-state index is 10.3. The first kappa shape index (κ1) is 7.35. The molecule has 2 atom stereocenters. The second-order valence-corrected chi connectivity index (χ2v) is 4.58. The summed E-state index contributed by atoms with van der Waals surface area (Å²) in [6.45, 7) is 6.41. The van der Waals surface area contributed by atoms with Crippen LogP contribution in [0.15, 0.2) is 11.6 Å². The van der Waals surface area contributed by atoms with Gasteiger partial charge in [0.2, 0.25) is 0 Å². The molecule has 1 nitrogen and oxygen atoms in total. The molecule has 62 valence electrons. The summed E-state index contributed by atoms with van der Waals surface area (Å²) < 4.78 is 0. The molecule has 2 unspecified atom stereocenters. The molecule has 1 fully saturated rings. The Labute approximate surface area is 68.1 Å². The van der Waals surface area contributed by atoms with E-state index in [0.29, 0.717) is 5.92 Å². The molecule has 0 aromatic carbocycles. The second-order valence-electron chi connectivity index (χ2n) is 4.58. The Kier molecular flexibility index (Phi) is 1.15. The maximum absolute atomic E-state index is 10.3. The first-order valence-corrected chi connectivity index (χ1v) is 4.40. The van der Waals surface area contributed by atoms with Crippen LogP contribution in [0.3, 0.4) is 0 Å². The molecule has 0 amide bonds. The SMILES string of the molecule is CC1=CC2CCC1(O)C2(C)C. The Morgan fingerprint density at radius 2 is 2.18 bits per heavy atom. The molecule has 0 aromatic heterocycles. The van der Waals surface area contributed by atoms with E-state index in [9.17, 15) is 5.11 Å². The van der Waals surface area contributed by atoms with Gasteiger partial charge in [0.1, 0.15) is 0 Å². The van der Waals surface area contributed by atoms with Crippen LogP contribution in [0.1, 0.15) is 33.6 Å². The van der Waals surface area contributed by atoms with Gasteiger partial charge in [0.05, 0.1) is 5.60 Å². The molecule has 2 rings (SSSR count). The fourth-order valence-corrected chi connectivity index (χ4v) is 2.79. The van der Waals surface area contributed by atoms with Crippen molar-refractivity contribution in [1.29, 1.82) is 0 Å². The fraction of sp³-hybridized carbons (Fsp3) is 0.800. The van der Waals surface area contributed by atoms with Gasteiger partial charge >= 0.3 is 0 Å². The number of rotatable bonds is 0. The van der Waals surface area contributed by atoms with E-state index in [0.717, 1.165) is 6.42 Å². The third-order valence-electron chi connectivity index (χ3n) is 3.91. The molecule has 1 heteroatoms. The topological polar surface area (TPSA) is 20.2 Å². The Morgan fingerprint density at radius 3 is 2.36 bits per heavy atom. The van der Waals surface area contributed by atoms with Gasteiger partial charge in [0.15, 0.2) is 0 Å². The van der Waals surface area contributed by atoms with Crippen LogP contribution in [0.4, 0.5) is 0 Å². The number of allylic oxidation sites excluding steroid dienone is 1. The van der Waals surface area contributed by atoms with E-state index in [-0.39, 0.29) is 5.41 Å². The monoisotopic (exact) mass is 152 g/mol. The lowest BCUT2D eigenvalue weighted by atomic mass is 9.76. The molecule has 0 radical (unpaired) electrons. The minimum atomic E-state index is -0.475.